The first-order valence-corrected chi connectivity index (χ1v) is 9.35. The predicted octanol–water partition coefficient (Wildman–Crippen LogP) is 4.45. The van der Waals surface area contributed by atoms with Gasteiger partial charge in [0, 0.05) is 0 Å². The van der Waals surface area contributed by atoms with E-state index in [0.29, 0.717) is 17.3 Å². The Hall–Kier alpha value is -3.02. The van der Waals surface area contributed by atoms with Crippen LogP contribution in [-0.2, 0) is 22.6 Å². The Kier molecular flexibility index (Phi) is 6.19. The molecule has 0 aliphatic rings. The number of rotatable bonds is 7. The molecule has 0 fully saturated rings. The van der Waals surface area contributed by atoms with Gasteiger partial charge in [0.15, 0.2) is 0 Å². The lowest BCUT2D eigenvalue weighted by Gasteiger charge is -2.12. The van der Waals surface area contributed by atoms with Gasteiger partial charge < -0.3 is 4.74 Å². The first-order chi connectivity index (χ1) is 13.4. The average Bonchev–Trinajstić information content (AvgIpc) is 3.15. The van der Waals surface area contributed by atoms with Gasteiger partial charge in [0.25, 0.3) is 0 Å². The molecule has 0 bridgehead atoms. The standard InChI is InChI=1S/C22H24FN3O2/c1-15(2)12-17-4-6-18(7-5-17)16(3)22(27)28-14-20-13-26(25-24-20)21-10-8-19(23)9-11-21/h4-11,13,15-16H,12,14H2,1-3H3. The Morgan fingerprint density at radius 2 is 1.75 bits per heavy atom. The minimum absolute atomic E-state index is 0.0375. The molecule has 5 nitrogen and oxygen atoms in total. The number of ether oxygens (including phenoxy) is 1. The van der Waals surface area contributed by atoms with Gasteiger partial charge in [-0.05, 0) is 54.7 Å². The molecule has 0 aliphatic heterocycles. The van der Waals surface area contributed by atoms with E-state index < -0.39 is 0 Å². The van der Waals surface area contributed by atoms with E-state index >= 15 is 0 Å². The maximum Gasteiger partial charge on any atom is 0.313 e. The Bertz CT molecular complexity index is 918. The first kappa shape index (κ1) is 19.7. The highest BCUT2D eigenvalue weighted by molar-refractivity contribution is 5.77. The molecular formula is C22H24FN3O2. The molecule has 0 aliphatic carbocycles. The molecule has 1 aromatic heterocycles. The summed E-state index contributed by atoms with van der Waals surface area (Å²) in [7, 11) is 0. The van der Waals surface area contributed by atoms with E-state index in [1.54, 1.807) is 18.3 Å². The summed E-state index contributed by atoms with van der Waals surface area (Å²) < 4.78 is 19.9. The summed E-state index contributed by atoms with van der Waals surface area (Å²) in [5.41, 5.74) is 3.39. The average molecular weight is 381 g/mol. The molecule has 6 heteroatoms. The van der Waals surface area contributed by atoms with Crippen LogP contribution in [0.5, 0.6) is 0 Å². The van der Waals surface area contributed by atoms with Gasteiger partial charge >= 0.3 is 5.97 Å². The molecule has 0 spiro atoms. The highest BCUT2D eigenvalue weighted by atomic mass is 19.1. The Balaban J connectivity index is 1.57. The Morgan fingerprint density at radius 3 is 2.39 bits per heavy atom. The van der Waals surface area contributed by atoms with Crippen LogP contribution in [0.2, 0.25) is 0 Å². The first-order valence-electron chi connectivity index (χ1n) is 9.35. The van der Waals surface area contributed by atoms with E-state index in [4.69, 9.17) is 4.74 Å². The minimum Gasteiger partial charge on any atom is -0.459 e. The van der Waals surface area contributed by atoms with Gasteiger partial charge in [-0.1, -0.05) is 43.3 Å². The monoisotopic (exact) mass is 381 g/mol. The third kappa shape index (κ3) is 5.03. The smallest absolute Gasteiger partial charge is 0.313 e. The normalized spacial score (nSPS) is 12.2. The Morgan fingerprint density at radius 1 is 1.07 bits per heavy atom. The van der Waals surface area contributed by atoms with Crippen LogP contribution in [0.1, 0.15) is 43.5 Å². The topological polar surface area (TPSA) is 57.0 Å². The fourth-order valence-electron chi connectivity index (χ4n) is 2.90. The molecule has 3 rings (SSSR count). The van der Waals surface area contributed by atoms with E-state index in [-0.39, 0.29) is 24.3 Å². The van der Waals surface area contributed by atoms with Crippen LogP contribution < -0.4 is 0 Å². The van der Waals surface area contributed by atoms with Gasteiger partial charge in [-0.3, -0.25) is 4.79 Å². The summed E-state index contributed by atoms with van der Waals surface area (Å²) >= 11 is 0. The van der Waals surface area contributed by atoms with Crippen LogP contribution in [0.4, 0.5) is 4.39 Å². The third-order valence-electron chi connectivity index (χ3n) is 4.47. The van der Waals surface area contributed by atoms with Gasteiger partial charge in [0.2, 0.25) is 0 Å². The second-order valence-corrected chi connectivity index (χ2v) is 7.30. The number of hydrogen-bond donors (Lipinski definition) is 0. The summed E-state index contributed by atoms with van der Waals surface area (Å²) in [6.45, 7) is 6.23. The number of carbonyl (C=O) groups is 1. The van der Waals surface area contributed by atoms with E-state index in [0.717, 1.165) is 12.0 Å². The molecule has 0 N–H and O–H groups in total. The van der Waals surface area contributed by atoms with Gasteiger partial charge in [0.05, 0.1) is 17.8 Å². The van der Waals surface area contributed by atoms with Gasteiger partial charge in [-0.25, -0.2) is 9.07 Å². The van der Waals surface area contributed by atoms with E-state index in [1.807, 2.05) is 19.1 Å². The van der Waals surface area contributed by atoms with Crippen molar-refractivity contribution >= 4 is 5.97 Å². The summed E-state index contributed by atoms with van der Waals surface area (Å²) in [5.74, 6) is -0.394. The molecule has 28 heavy (non-hydrogen) atoms. The second-order valence-electron chi connectivity index (χ2n) is 7.30. The number of aromatic nitrogens is 3. The number of halogens is 1. The van der Waals surface area contributed by atoms with Gasteiger partial charge in [0.1, 0.15) is 18.1 Å². The molecule has 146 valence electrons. The zero-order valence-corrected chi connectivity index (χ0v) is 16.3. The molecule has 1 heterocycles. The van der Waals surface area contributed by atoms with Crippen molar-refractivity contribution in [3.8, 4) is 5.69 Å². The zero-order chi connectivity index (χ0) is 20.1. The molecular weight excluding hydrogens is 357 g/mol. The van der Waals surface area contributed by atoms with E-state index in [9.17, 15) is 9.18 Å². The molecule has 0 radical (unpaired) electrons. The second kappa shape index (κ2) is 8.78. The highest BCUT2D eigenvalue weighted by Crippen LogP contribution is 2.19. The van der Waals surface area contributed by atoms with Crippen molar-refractivity contribution in [2.45, 2.75) is 39.7 Å². The molecule has 1 unspecified atom stereocenters. The molecule has 0 amide bonds. The lowest BCUT2D eigenvalue weighted by molar-refractivity contribution is -0.146. The zero-order valence-electron chi connectivity index (χ0n) is 16.3. The summed E-state index contributed by atoms with van der Waals surface area (Å²) in [5, 5.41) is 7.98. The lowest BCUT2D eigenvalue weighted by atomic mass is 9.97. The molecule has 1 atom stereocenters. The number of benzene rings is 2. The molecule has 2 aromatic carbocycles. The van der Waals surface area contributed by atoms with Gasteiger partial charge in [-0.2, -0.15) is 0 Å². The molecule has 3 aromatic rings. The Labute approximate surface area is 164 Å². The number of hydrogen-bond acceptors (Lipinski definition) is 4. The largest absolute Gasteiger partial charge is 0.459 e. The van der Waals surface area contributed by atoms with Crippen molar-refractivity contribution in [2.75, 3.05) is 0 Å². The van der Waals surface area contributed by atoms with Crippen molar-refractivity contribution < 1.29 is 13.9 Å². The van der Waals surface area contributed by atoms with Crippen molar-refractivity contribution in [1.82, 2.24) is 15.0 Å². The summed E-state index contributed by atoms with van der Waals surface area (Å²) in [6.07, 6.45) is 2.68. The number of nitrogens with zero attached hydrogens (tertiary/aromatic N) is 3. The van der Waals surface area contributed by atoms with Crippen molar-refractivity contribution in [3.63, 3.8) is 0 Å². The number of esters is 1. The van der Waals surface area contributed by atoms with Crippen LogP contribution in [0, 0.1) is 11.7 Å². The lowest BCUT2D eigenvalue weighted by Crippen LogP contribution is -2.13. The molecule has 0 saturated carbocycles. The third-order valence-corrected chi connectivity index (χ3v) is 4.47. The van der Waals surface area contributed by atoms with Crippen LogP contribution in [0.15, 0.2) is 54.7 Å². The van der Waals surface area contributed by atoms with Crippen LogP contribution >= 0.6 is 0 Å². The maximum absolute atomic E-state index is 13.0. The molecule has 0 saturated heterocycles. The van der Waals surface area contributed by atoms with Crippen molar-refractivity contribution in [3.05, 3.63) is 77.4 Å². The number of carbonyl (C=O) groups excluding carboxylic acids is 1. The fraction of sp³-hybridized carbons (Fsp3) is 0.318. The van der Waals surface area contributed by atoms with E-state index in [2.05, 4.69) is 36.3 Å². The van der Waals surface area contributed by atoms with Crippen molar-refractivity contribution in [2.24, 2.45) is 5.92 Å². The fourth-order valence-corrected chi connectivity index (χ4v) is 2.90. The SMILES string of the molecule is CC(C)Cc1ccc(C(C)C(=O)OCc2cn(-c3ccc(F)cc3)nn2)cc1. The van der Waals surface area contributed by atoms with Gasteiger partial charge in [-0.15, -0.1) is 5.10 Å². The van der Waals surface area contributed by atoms with Crippen molar-refractivity contribution in [1.29, 1.82) is 0 Å². The van der Waals surface area contributed by atoms with Crippen LogP contribution in [0.3, 0.4) is 0 Å². The van der Waals surface area contributed by atoms with E-state index in [1.165, 1.54) is 22.4 Å². The summed E-state index contributed by atoms with van der Waals surface area (Å²) in [4.78, 5) is 12.4. The van der Waals surface area contributed by atoms with Crippen LogP contribution in [-0.4, -0.2) is 21.0 Å². The highest BCUT2D eigenvalue weighted by Gasteiger charge is 2.17. The summed E-state index contributed by atoms with van der Waals surface area (Å²) in [6, 6.07) is 14.0. The minimum atomic E-state index is -0.361. The van der Waals surface area contributed by atoms with Crippen LogP contribution in [0.25, 0.3) is 5.69 Å². The maximum atomic E-state index is 13.0. The predicted molar refractivity (Wildman–Crippen MR) is 105 cm³/mol. The quantitative estimate of drug-likeness (QED) is 0.567.